The van der Waals surface area contributed by atoms with Crippen LogP contribution in [-0.4, -0.2) is 27.1 Å². The molecule has 3 aromatic rings. The largest absolute Gasteiger partial charge is 0.459 e. The number of carbonyl (C=O) groups is 1. The number of furan rings is 1. The minimum atomic E-state index is -3.30. The van der Waals surface area contributed by atoms with E-state index in [1.807, 2.05) is 38.1 Å². The maximum atomic E-state index is 12.7. The van der Waals surface area contributed by atoms with E-state index < -0.39 is 10.0 Å². The van der Waals surface area contributed by atoms with Gasteiger partial charge in [-0.3, -0.25) is 9.10 Å². The van der Waals surface area contributed by atoms with Crippen LogP contribution in [0.15, 0.2) is 46.9 Å². The van der Waals surface area contributed by atoms with E-state index in [0.717, 1.165) is 27.9 Å². The van der Waals surface area contributed by atoms with Crippen LogP contribution in [-0.2, 0) is 16.4 Å². The van der Waals surface area contributed by atoms with Crippen molar-refractivity contribution in [2.75, 3.05) is 17.1 Å². The molecule has 1 amide bonds. The van der Waals surface area contributed by atoms with E-state index in [4.69, 9.17) is 4.42 Å². The molecule has 1 aromatic heterocycles. The zero-order valence-electron chi connectivity index (χ0n) is 16.0. The number of sulfonamides is 1. The Morgan fingerprint density at radius 3 is 2.68 bits per heavy atom. The molecule has 0 aliphatic carbocycles. The third-order valence-corrected chi connectivity index (χ3v) is 6.40. The molecule has 2 heterocycles. The number of nitrogens with zero attached hydrogens (tertiary/aromatic N) is 1. The Morgan fingerprint density at radius 1 is 1.21 bits per heavy atom. The van der Waals surface area contributed by atoms with Gasteiger partial charge in [0.15, 0.2) is 0 Å². The van der Waals surface area contributed by atoms with Crippen LogP contribution in [0, 0.1) is 6.92 Å². The molecule has 1 N–H and O–H groups in total. The number of benzene rings is 2. The molecule has 7 heteroatoms. The van der Waals surface area contributed by atoms with Gasteiger partial charge in [-0.15, -0.1) is 0 Å². The van der Waals surface area contributed by atoms with Crippen LogP contribution in [0.25, 0.3) is 11.0 Å². The van der Waals surface area contributed by atoms with Gasteiger partial charge in [0.1, 0.15) is 11.3 Å². The van der Waals surface area contributed by atoms with E-state index in [1.165, 1.54) is 10.6 Å². The first kappa shape index (κ1) is 18.6. The number of rotatable bonds is 4. The maximum Gasteiger partial charge on any atom is 0.251 e. The number of fused-ring (bicyclic) bond motifs is 2. The number of carbonyl (C=O) groups excluding carboxylic acids is 1. The Kier molecular flexibility index (Phi) is 4.42. The van der Waals surface area contributed by atoms with Crippen molar-refractivity contribution in [1.29, 1.82) is 0 Å². The zero-order valence-corrected chi connectivity index (χ0v) is 16.8. The first-order valence-electron chi connectivity index (χ1n) is 9.15. The fourth-order valence-electron chi connectivity index (χ4n) is 3.81. The van der Waals surface area contributed by atoms with Crippen molar-refractivity contribution in [2.24, 2.45) is 0 Å². The molecule has 0 radical (unpaired) electrons. The Labute approximate surface area is 164 Å². The molecule has 146 valence electrons. The molecule has 0 saturated heterocycles. The van der Waals surface area contributed by atoms with Gasteiger partial charge < -0.3 is 9.73 Å². The van der Waals surface area contributed by atoms with Crippen molar-refractivity contribution >= 4 is 32.6 Å². The average Bonchev–Trinajstić information content (AvgIpc) is 3.22. The molecule has 1 atom stereocenters. The van der Waals surface area contributed by atoms with Gasteiger partial charge in [-0.1, -0.05) is 18.2 Å². The molecule has 1 aliphatic heterocycles. The van der Waals surface area contributed by atoms with Crippen LogP contribution in [0.5, 0.6) is 0 Å². The minimum Gasteiger partial charge on any atom is -0.459 e. The molecule has 28 heavy (non-hydrogen) atoms. The Hall–Kier alpha value is -2.80. The molecule has 6 nitrogen and oxygen atoms in total. The normalized spacial score (nSPS) is 14.9. The summed E-state index contributed by atoms with van der Waals surface area (Å²) in [7, 11) is -3.30. The predicted molar refractivity (Wildman–Crippen MR) is 109 cm³/mol. The van der Waals surface area contributed by atoms with Crippen LogP contribution in [0.4, 0.5) is 5.69 Å². The summed E-state index contributed by atoms with van der Waals surface area (Å²) in [5.41, 5.74) is 3.84. The topological polar surface area (TPSA) is 79.6 Å². The first-order chi connectivity index (χ1) is 13.3. The summed E-state index contributed by atoms with van der Waals surface area (Å²) < 4.78 is 31.0. The van der Waals surface area contributed by atoms with Crippen molar-refractivity contribution in [1.82, 2.24) is 5.32 Å². The monoisotopic (exact) mass is 398 g/mol. The number of nitrogens with one attached hydrogen (secondary N) is 1. The summed E-state index contributed by atoms with van der Waals surface area (Å²) in [5, 5.41) is 4.02. The standard InChI is InChI=1S/C21H22N2O4S/c1-13-17-6-4-5-7-19(17)27-20(13)14(2)22-21(24)16-8-9-18-15(12-16)10-11-23(18)28(3,25)26/h4-9,12,14H,10-11H2,1-3H3,(H,22,24). The zero-order chi connectivity index (χ0) is 20.1. The maximum absolute atomic E-state index is 12.7. The van der Waals surface area contributed by atoms with E-state index in [1.54, 1.807) is 18.2 Å². The second-order valence-electron chi connectivity index (χ2n) is 7.21. The fourth-order valence-corrected chi connectivity index (χ4v) is 4.77. The average molecular weight is 398 g/mol. The number of hydrogen-bond acceptors (Lipinski definition) is 4. The second kappa shape index (κ2) is 6.67. The lowest BCUT2D eigenvalue weighted by Gasteiger charge is -2.17. The summed E-state index contributed by atoms with van der Waals surface area (Å²) in [5.74, 6) is 0.520. The van der Waals surface area contributed by atoms with Crippen molar-refractivity contribution in [3.8, 4) is 0 Å². The quantitative estimate of drug-likeness (QED) is 0.729. The van der Waals surface area contributed by atoms with E-state index in [-0.39, 0.29) is 11.9 Å². The highest BCUT2D eigenvalue weighted by Crippen LogP contribution is 2.32. The Morgan fingerprint density at radius 2 is 1.96 bits per heavy atom. The van der Waals surface area contributed by atoms with Crippen LogP contribution in [0.2, 0.25) is 0 Å². The highest BCUT2D eigenvalue weighted by molar-refractivity contribution is 7.92. The summed E-state index contributed by atoms with van der Waals surface area (Å²) in [6.45, 7) is 4.29. The Balaban J connectivity index is 1.56. The van der Waals surface area contributed by atoms with Gasteiger partial charge in [-0.25, -0.2) is 8.42 Å². The van der Waals surface area contributed by atoms with Gasteiger partial charge in [0.25, 0.3) is 5.91 Å². The minimum absolute atomic E-state index is 0.215. The van der Waals surface area contributed by atoms with Gasteiger partial charge in [-0.2, -0.15) is 0 Å². The highest BCUT2D eigenvalue weighted by Gasteiger charge is 2.27. The molecular formula is C21H22N2O4S. The van der Waals surface area contributed by atoms with E-state index >= 15 is 0 Å². The lowest BCUT2D eigenvalue weighted by atomic mass is 10.1. The number of amides is 1. The highest BCUT2D eigenvalue weighted by atomic mass is 32.2. The molecule has 2 aromatic carbocycles. The SMILES string of the molecule is Cc1c(C(C)NC(=O)c2ccc3c(c2)CCN3S(C)(=O)=O)oc2ccccc12. The van der Waals surface area contributed by atoms with E-state index in [0.29, 0.717) is 24.2 Å². The number of para-hydroxylation sites is 1. The molecule has 0 fully saturated rings. The van der Waals surface area contributed by atoms with Gasteiger partial charge in [0.2, 0.25) is 10.0 Å². The second-order valence-corrected chi connectivity index (χ2v) is 9.12. The van der Waals surface area contributed by atoms with Crippen molar-refractivity contribution in [2.45, 2.75) is 26.3 Å². The summed E-state index contributed by atoms with van der Waals surface area (Å²) in [6, 6.07) is 12.6. The van der Waals surface area contributed by atoms with Gasteiger partial charge in [0.05, 0.1) is 18.0 Å². The van der Waals surface area contributed by atoms with Crippen molar-refractivity contribution in [3.05, 3.63) is 64.9 Å². The summed E-state index contributed by atoms with van der Waals surface area (Å²) in [4.78, 5) is 12.7. The molecule has 0 bridgehead atoms. The molecule has 1 unspecified atom stereocenters. The van der Waals surface area contributed by atoms with E-state index in [9.17, 15) is 13.2 Å². The lowest BCUT2D eigenvalue weighted by molar-refractivity contribution is 0.0935. The molecule has 1 aliphatic rings. The smallest absolute Gasteiger partial charge is 0.251 e. The van der Waals surface area contributed by atoms with Crippen molar-refractivity contribution < 1.29 is 17.6 Å². The van der Waals surface area contributed by atoms with Crippen molar-refractivity contribution in [3.63, 3.8) is 0 Å². The summed E-state index contributed by atoms with van der Waals surface area (Å²) in [6.07, 6.45) is 1.79. The molecule has 0 spiro atoms. The number of aryl methyl sites for hydroxylation is 1. The molecular weight excluding hydrogens is 376 g/mol. The van der Waals surface area contributed by atoms with Gasteiger partial charge in [0, 0.05) is 23.1 Å². The molecule has 4 rings (SSSR count). The van der Waals surface area contributed by atoms with Crippen LogP contribution < -0.4 is 9.62 Å². The summed E-state index contributed by atoms with van der Waals surface area (Å²) >= 11 is 0. The van der Waals surface area contributed by atoms with Crippen LogP contribution >= 0.6 is 0 Å². The van der Waals surface area contributed by atoms with E-state index in [2.05, 4.69) is 5.32 Å². The van der Waals surface area contributed by atoms with Gasteiger partial charge in [-0.05, 0) is 50.1 Å². The third kappa shape index (κ3) is 3.16. The lowest BCUT2D eigenvalue weighted by Crippen LogP contribution is -2.28. The van der Waals surface area contributed by atoms with Gasteiger partial charge >= 0.3 is 0 Å². The van der Waals surface area contributed by atoms with Crippen LogP contribution in [0.1, 0.15) is 40.2 Å². The molecule has 0 saturated carbocycles. The van der Waals surface area contributed by atoms with Crippen LogP contribution in [0.3, 0.4) is 0 Å². The number of anilines is 1. The first-order valence-corrected chi connectivity index (χ1v) is 11.0. The Bertz CT molecular complexity index is 1180. The predicted octanol–water partition coefficient (Wildman–Crippen LogP) is 3.55. The number of hydrogen-bond donors (Lipinski definition) is 1. The third-order valence-electron chi connectivity index (χ3n) is 5.22. The fraction of sp³-hybridized carbons (Fsp3) is 0.286.